The van der Waals surface area contributed by atoms with Crippen LogP contribution in [0.1, 0.15) is 22.4 Å². The predicted octanol–water partition coefficient (Wildman–Crippen LogP) is 2.74. The molecule has 2 aromatic rings. The summed E-state index contributed by atoms with van der Waals surface area (Å²) in [6.45, 7) is 5.22. The van der Waals surface area contributed by atoms with Crippen LogP contribution in [-0.4, -0.2) is 4.98 Å². The summed E-state index contributed by atoms with van der Waals surface area (Å²) in [7, 11) is 0. The molecule has 0 atom stereocenters. The van der Waals surface area contributed by atoms with Crippen molar-refractivity contribution >= 4 is 0 Å². The summed E-state index contributed by atoms with van der Waals surface area (Å²) in [6.07, 6.45) is 1.72. The monoisotopic (exact) mass is 242 g/mol. The summed E-state index contributed by atoms with van der Waals surface area (Å²) >= 11 is 0. The Morgan fingerprint density at radius 3 is 2.39 bits per heavy atom. The van der Waals surface area contributed by atoms with Crippen molar-refractivity contribution in [3.8, 4) is 5.75 Å². The lowest BCUT2D eigenvalue weighted by Gasteiger charge is -2.11. The van der Waals surface area contributed by atoms with E-state index >= 15 is 0 Å². The first-order valence-corrected chi connectivity index (χ1v) is 6.03. The molecule has 0 saturated carbocycles. The molecule has 0 aliphatic rings. The van der Waals surface area contributed by atoms with E-state index in [4.69, 9.17) is 10.5 Å². The molecule has 0 radical (unpaired) electrons. The Bertz CT molecular complexity index is 500. The molecule has 2 rings (SSSR count). The molecular formula is C15H18N2O. The number of nitrogens with zero attached hydrogens (tertiary/aromatic N) is 1. The van der Waals surface area contributed by atoms with Gasteiger partial charge in [0.2, 0.25) is 0 Å². The van der Waals surface area contributed by atoms with Gasteiger partial charge in [-0.1, -0.05) is 18.2 Å². The van der Waals surface area contributed by atoms with Gasteiger partial charge in [0.15, 0.2) is 0 Å². The molecule has 3 nitrogen and oxygen atoms in total. The molecule has 1 aromatic carbocycles. The number of ether oxygens (including phenoxy) is 1. The van der Waals surface area contributed by atoms with Crippen LogP contribution in [0.3, 0.4) is 0 Å². The first kappa shape index (κ1) is 12.6. The van der Waals surface area contributed by atoms with Crippen molar-refractivity contribution in [2.45, 2.75) is 27.0 Å². The van der Waals surface area contributed by atoms with Gasteiger partial charge in [0.05, 0.1) is 11.9 Å². The summed E-state index contributed by atoms with van der Waals surface area (Å²) in [5.41, 5.74) is 10.1. The molecule has 0 bridgehead atoms. The zero-order chi connectivity index (χ0) is 13.0. The van der Waals surface area contributed by atoms with E-state index in [0.717, 1.165) is 11.4 Å². The maximum absolute atomic E-state index is 5.75. The molecule has 1 aromatic heterocycles. The Hall–Kier alpha value is -1.87. The number of benzene rings is 1. The van der Waals surface area contributed by atoms with Crippen LogP contribution in [0.15, 0.2) is 36.5 Å². The smallest absolute Gasteiger partial charge is 0.138 e. The van der Waals surface area contributed by atoms with Gasteiger partial charge >= 0.3 is 0 Å². The van der Waals surface area contributed by atoms with E-state index in [1.54, 1.807) is 6.20 Å². The molecule has 0 amide bonds. The van der Waals surface area contributed by atoms with Gasteiger partial charge < -0.3 is 10.5 Å². The van der Waals surface area contributed by atoms with E-state index in [-0.39, 0.29) is 0 Å². The second-order valence-electron chi connectivity index (χ2n) is 4.35. The fraction of sp³-hybridized carbons (Fsp3) is 0.267. The highest BCUT2D eigenvalue weighted by Crippen LogP contribution is 2.17. The number of aryl methyl sites for hydroxylation is 2. The highest BCUT2D eigenvalue weighted by Gasteiger charge is 2.03. The van der Waals surface area contributed by atoms with E-state index < -0.39 is 0 Å². The number of hydrogen-bond acceptors (Lipinski definition) is 3. The molecule has 1 heterocycles. The number of pyridine rings is 1. The van der Waals surface area contributed by atoms with Gasteiger partial charge in [-0.25, -0.2) is 0 Å². The lowest BCUT2D eigenvalue weighted by atomic mass is 10.0. The van der Waals surface area contributed by atoms with Crippen LogP contribution in [0.5, 0.6) is 5.75 Å². The molecule has 0 saturated heterocycles. The molecular weight excluding hydrogens is 224 g/mol. The van der Waals surface area contributed by atoms with Crippen LogP contribution in [0.4, 0.5) is 0 Å². The minimum atomic E-state index is 0.456. The third-order valence-electron chi connectivity index (χ3n) is 3.03. The fourth-order valence-electron chi connectivity index (χ4n) is 1.85. The van der Waals surface area contributed by atoms with Crippen LogP contribution in [0.25, 0.3) is 0 Å². The zero-order valence-electron chi connectivity index (χ0n) is 10.8. The highest BCUT2D eigenvalue weighted by molar-refractivity contribution is 5.33. The molecule has 94 valence electrons. The Balaban J connectivity index is 2.06. The third kappa shape index (κ3) is 2.87. The number of rotatable bonds is 4. The maximum atomic E-state index is 5.75. The van der Waals surface area contributed by atoms with Crippen molar-refractivity contribution in [3.63, 3.8) is 0 Å². The van der Waals surface area contributed by atoms with Gasteiger partial charge in [-0.05, 0) is 42.7 Å². The van der Waals surface area contributed by atoms with E-state index in [1.807, 2.05) is 12.1 Å². The van der Waals surface area contributed by atoms with Crippen molar-refractivity contribution in [2.75, 3.05) is 0 Å². The van der Waals surface area contributed by atoms with Gasteiger partial charge in [-0.3, -0.25) is 4.98 Å². The summed E-state index contributed by atoms with van der Waals surface area (Å²) in [5.74, 6) is 0.773. The van der Waals surface area contributed by atoms with Gasteiger partial charge in [0.1, 0.15) is 12.4 Å². The Kier molecular flexibility index (Phi) is 3.95. The normalized spacial score (nSPS) is 10.4. The van der Waals surface area contributed by atoms with Crippen molar-refractivity contribution in [2.24, 2.45) is 5.73 Å². The quantitative estimate of drug-likeness (QED) is 0.896. The largest absolute Gasteiger partial charge is 0.487 e. The minimum Gasteiger partial charge on any atom is -0.487 e. The third-order valence-corrected chi connectivity index (χ3v) is 3.03. The van der Waals surface area contributed by atoms with E-state index in [9.17, 15) is 0 Å². The number of aromatic nitrogens is 1. The SMILES string of the molecule is Cc1cccc(C)c1COc1ccc(CN)nc1. The van der Waals surface area contributed by atoms with E-state index in [1.165, 1.54) is 16.7 Å². The van der Waals surface area contributed by atoms with Gasteiger partial charge in [-0.15, -0.1) is 0 Å². The lowest BCUT2D eigenvalue weighted by Crippen LogP contribution is -2.02. The standard InChI is InChI=1S/C15H18N2O/c1-11-4-3-5-12(2)15(11)10-18-14-7-6-13(8-16)17-9-14/h3-7,9H,8,10,16H2,1-2H3. The zero-order valence-corrected chi connectivity index (χ0v) is 10.8. The number of hydrogen-bond donors (Lipinski definition) is 1. The van der Waals surface area contributed by atoms with Crippen molar-refractivity contribution in [3.05, 3.63) is 58.9 Å². The van der Waals surface area contributed by atoms with Crippen molar-refractivity contribution in [1.82, 2.24) is 4.98 Å². The molecule has 2 N–H and O–H groups in total. The molecule has 0 spiro atoms. The minimum absolute atomic E-state index is 0.456. The summed E-state index contributed by atoms with van der Waals surface area (Å²) in [6, 6.07) is 10.1. The van der Waals surface area contributed by atoms with Crippen LogP contribution in [-0.2, 0) is 13.2 Å². The molecule has 0 aliphatic heterocycles. The van der Waals surface area contributed by atoms with Crippen molar-refractivity contribution in [1.29, 1.82) is 0 Å². The molecule has 0 unspecified atom stereocenters. The summed E-state index contributed by atoms with van der Waals surface area (Å²) in [4.78, 5) is 4.20. The molecule has 18 heavy (non-hydrogen) atoms. The first-order chi connectivity index (χ1) is 8.70. The van der Waals surface area contributed by atoms with E-state index in [2.05, 4.69) is 37.0 Å². The maximum Gasteiger partial charge on any atom is 0.138 e. The average molecular weight is 242 g/mol. The Labute approximate surface area is 108 Å². The molecule has 3 heteroatoms. The lowest BCUT2D eigenvalue weighted by molar-refractivity contribution is 0.303. The Morgan fingerprint density at radius 2 is 1.83 bits per heavy atom. The molecule has 0 aliphatic carbocycles. The van der Waals surface area contributed by atoms with Crippen LogP contribution in [0.2, 0.25) is 0 Å². The highest BCUT2D eigenvalue weighted by atomic mass is 16.5. The first-order valence-electron chi connectivity index (χ1n) is 6.03. The van der Waals surface area contributed by atoms with Crippen LogP contribution < -0.4 is 10.5 Å². The average Bonchev–Trinajstić information content (AvgIpc) is 2.39. The number of nitrogens with two attached hydrogens (primary N) is 1. The predicted molar refractivity (Wildman–Crippen MR) is 72.4 cm³/mol. The van der Waals surface area contributed by atoms with Crippen molar-refractivity contribution < 1.29 is 4.74 Å². The molecule has 0 fully saturated rings. The second kappa shape index (κ2) is 5.65. The van der Waals surface area contributed by atoms with E-state index in [0.29, 0.717) is 13.2 Å². The Morgan fingerprint density at radius 1 is 1.11 bits per heavy atom. The summed E-state index contributed by atoms with van der Waals surface area (Å²) < 4.78 is 5.75. The topological polar surface area (TPSA) is 48.1 Å². The summed E-state index contributed by atoms with van der Waals surface area (Å²) in [5, 5.41) is 0. The van der Waals surface area contributed by atoms with Crippen LogP contribution in [0, 0.1) is 13.8 Å². The van der Waals surface area contributed by atoms with Gasteiger partial charge in [-0.2, -0.15) is 0 Å². The van der Waals surface area contributed by atoms with Crippen LogP contribution >= 0.6 is 0 Å². The fourth-order valence-corrected chi connectivity index (χ4v) is 1.85. The van der Waals surface area contributed by atoms with Gasteiger partial charge in [0.25, 0.3) is 0 Å². The second-order valence-corrected chi connectivity index (χ2v) is 4.35. The van der Waals surface area contributed by atoms with Gasteiger partial charge in [0, 0.05) is 6.54 Å².